The average molecular weight is 280 g/mol. The first-order chi connectivity index (χ1) is 9.46. The minimum Gasteiger partial charge on any atom is -0.478 e. The van der Waals surface area contributed by atoms with E-state index in [1.165, 1.54) is 6.07 Å². The lowest BCUT2D eigenvalue weighted by Gasteiger charge is -2.41. The Hall–Kier alpha value is -2.11. The third kappa shape index (κ3) is 2.89. The van der Waals surface area contributed by atoms with E-state index in [2.05, 4.69) is 10.6 Å². The van der Waals surface area contributed by atoms with Gasteiger partial charge in [-0.25, -0.2) is 14.0 Å². The molecule has 0 spiro atoms. The zero-order valence-corrected chi connectivity index (χ0v) is 11.2. The number of carbonyl (C=O) groups excluding carboxylic acids is 1. The highest BCUT2D eigenvalue weighted by Crippen LogP contribution is 2.34. The summed E-state index contributed by atoms with van der Waals surface area (Å²) in [6.45, 7) is 2.00. The number of aromatic carboxylic acids is 1. The van der Waals surface area contributed by atoms with Gasteiger partial charge in [0.25, 0.3) is 0 Å². The molecule has 0 heterocycles. The lowest BCUT2D eigenvalue weighted by molar-refractivity contribution is 0.0697. The van der Waals surface area contributed by atoms with Crippen molar-refractivity contribution < 1.29 is 19.1 Å². The quantitative estimate of drug-likeness (QED) is 0.793. The maximum atomic E-state index is 13.0. The number of carbonyl (C=O) groups is 2. The second kappa shape index (κ2) is 5.48. The molecular formula is C14H17FN2O3. The highest BCUT2D eigenvalue weighted by atomic mass is 19.1. The number of halogens is 1. The molecule has 0 saturated heterocycles. The summed E-state index contributed by atoms with van der Waals surface area (Å²) in [4.78, 5) is 23.0. The summed E-state index contributed by atoms with van der Waals surface area (Å²) < 4.78 is 13.0. The Morgan fingerprint density at radius 2 is 2.10 bits per heavy atom. The summed E-state index contributed by atoms with van der Waals surface area (Å²) in [7, 11) is 0. The fraction of sp³-hybridized carbons (Fsp3) is 0.429. The first-order valence-corrected chi connectivity index (χ1v) is 6.58. The van der Waals surface area contributed by atoms with Crippen molar-refractivity contribution in [1.82, 2.24) is 5.32 Å². The van der Waals surface area contributed by atoms with Crippen LogP contribution in [0.3, 0.4) is 0 Å². The van der Waals surface area contributed by atoms with Crippen molar-refractivity contribution in [1.29, 1.82) is 0 Å². The Labute approximate surface area is 116 Å². The fourth-order valence-electron chi connectivity index (χ4n) is 2.37. The Kier molecular flexibility index (Phi) is 3.92. The SMILES string of the molecule is CCC1(NC(=O)Nc2ccc(F)cc2C(=O)O)CCC1. The van der Waals surface area contributed by atoms with Crippen LogP contribution in [0.25, 0.3) is 0 Å². The van der Waals surface area contributed by atoms with Crippen LogP contribution in [0.1, 0.15) is 43.0 Å². The fourth-order valence-corrected chi connectivity index (χ4v) is 2.37. The van der Waals surface area contributed by atoms with E-state index < -0.39 is 17.8 Å². The monoisotopic (exact) mass is 280 g/mol. The van der Waals surface area contributed by atoms with E-state index in [0.717, 1.165) is 37.8 Å². The Morgan fingerprint density at radius 1 is 1.40 bits per heavy atom. The predicted octanol–water partition coefficient (Wildman–Crippen LogP) is 2.98. The second-order valence-corrected chi connectivity index (χ2v) is 5.06. The molecule has 20 heavy (non-hydrogen) atoms. The van der Waals surface area contributed by atoms with E-state index >= 15 is 0 Å². The molecule has 1 fully saturated rings. The smallest absolute Gasteiger partial charge is 0.337 e. The molecule has 0 bridgehead atoms. The molecule has 0 radical (unpaired) electrons. The summed E-state index contributed by atoms with van der Waals surface area (Å²) in [6.07, 6.45) is 3.75. The summed E-state index contributed by atoms with van der Waals surface area (Å²) >= 11 is 0. The van der Waals surface area contributed by atoms with E-state index in [9.17, 15) is 14.0 Å². The second-order valence-electron chi connectivity index (χ2n) is 5.06. The van der Waals surface area contributed by atoms with Crippen LogP contribution in [-0.2, 0) is 0 Å². The molecule has 0 aliphatic heterocycles. The predicted molar refractivity (Wildman–Crippen MR) is 72.4 cm³/mol. The molecule has 0 unspecified atom stereocenters. The van der Waals surface area contributed by atoms with Gasteiger partial charge in [-0.2, -0.15) is 0 Å². The molecule has 0 aromatic heterocycles. The van der Waals surface area contributed by atoms with Gasteiger partial charge in [-0.3, -0.25) is 0 Å². The first kappa shape index (κ1) is 14.3. The minimum atomic E-state index is -1.28. The number of amides is 2. The summed E-state index contributed by atoms with van der Waals surface area (Å²) in [5.74, 6) is -1.94. The van der Waals surface area contributed by atoms with E-state index in [1.54, 1.807) is 0 Å². The summed E-state index contributed by atoms with van der Waals surface area (Å²) in [5, 5.41) is 14.4. The molecular weight excluding hydrogens is 263 g/mol. The molecule has 3 N–H and O–H groups in total. The summed E-state index contributed by atoms with van der Waals surface area (Å²) in [5.41, 5.74) is -0.366. The van der Waals surface area contributed by atoms with Crippen molar-refractivity contribution in [2.24, 2.45) is 0 Å². The number of nitrogens with one attached hydrogen (secondary N) is 2. The van der Waals surface area contributed by atoms with Crippen molar-refractivity contribution in [2.45, 2.75) is 38.1 Å². The van der Waals surface area contributed by atoms with Crippen LogP contribution in [0.2, 0.25) is 0 Å². The molecule has 2 amide bonds. The third-order valence-corrected chi connectivity index (χ3v) is 3.83. The lowest BCUT2D eigenvalue weighted by atomic mass is 9.75. The molecule has 5 nitrogen and oxygen atoms in total. The number of benzene rings is 1. The van der Waals surface area contributed by atoms with Crippen molar-refractivity contribution in [3.05, 3.63) is 29.6 Å². The maximum absolute atomic E-state index is 13.0. The summed E-state index contributed by atoms with van der Waals surface area (Å²) in [6, 6.07) is 2.79. The van der Waals surface area contributed by atoms with Gasteiger partial charge in [-0.1, -0.05) is 6.92 Å². The molecule has 108 valence electrons. The maximum Gasteiger partial charge on any atom is 0.337 e. The molecule has 1 aliphatic rings. The van der Waals surface area contributed by atoms with Crippen LogP contribution in [0.4, 0.5) is 14.9 Å². The number of hydrogen-bond donors (Lipinski definition) is 3. The van der Waals surface area contributed by atoms with Gasteiger partial charge in [-0.15, -0.1) is 0 Å². The number of rotatable bonds is 4. The highest BCUT2D eigenvalue weighted by molar-refractivity contribution is 6.00. The van der Waals surface area contributed by atoms with Crippen molar-refractivity contribution in [3.63, 3.8) is 0 Å². The van der Waals surface area contributed by atoms with Gasteiger partial charge >= 0.3 is 12.0 Å². The normalized spacial score (nSPS) is 16.1. The van der Waals surface area contributed by atoms with Crippen molar-refractivity contribution in [3.8, 4) is 0 Å². The highest BCUT2D eigenvalue weighted by Gasteiger charge is 2.36. The van der Waals surface area contributed by atoms with Gasteiger partial charge in [0, 0.05) is 5.54 Å². The van der Waals surface area contributed by atoms with E-state index in [1.807, 2.05) is 6.92 Å². The van der Waals surface area contributed by atoms with E-state index in [-0.39, 0.29) is 16.8 Å². The molecule has 0 atom stereocenters. The topological polar surface area (TPSA) is 78.4 Å². The Bertz CT molecular complexity index is 536. The minimum absolute atomic E-state index is 0.0852. The van der Waals surface area contributed by atoms with Gasteiger partial charge in [0.1, 0.15) is 5.82 Å². The molecule has 1 aliphatic carbocycles. The largest absolute Gasteiger partial charge is 0.478 e. The van der Waals surface area contributed by atoms with E-state index in [0.29, 0.717) is 0 Å². The van der Waals surface area contributed by atoms with Gasteiger partial charge in [0.15, 0.2) is 0 Å². The molecule has 2 rings (SSSR count). The number of hydrogen-bond acceptors (Lipinski definition) is 2. The molecule has 1 aromatic rings. The van der Waals surface area contributed by atoms with Crippen LogP contribution < -0.4 is 10.6 Å². The van der Waals surface area contributed by atoms with Gasteiger partial charge < -0.3 is 15.7 Å². The van der Waals surface area contributed by atoms with Crippen molar-refractivity contribution in [2.75, 3.05) is 5.32 Å². The zero-order valence-electron chi connectivity index (χ0n) is 11.2. The first-order valence-electron chi connectivity index (χ1n) is 6.58. The third-order valence-electron chi connectivity index (χ3n) is 3.83. The number of urea groups is 1. The van der Waals surface area contributed by atoms with Crippen LogP contribution in [0.15, 0.2) is 18.2 Å². The number of carboxylic acid groups (broad SMARTS) is 1. The molecule has 1 aromatic carbocycles. The standard InChI is InChI=1S/C14H17FN2O3/c1-2-14(6-3-7-14)17-13(20)16-11-5-4-9(15)8-10(11)12(18)19/h4-5,8H,2-3,6-7H2,1H3,(H,18,19)(H2,16,17,20). The van der Waals surface area contributed by atoms with Crippen LogP contribution >= 0.6 is 0 Å². The van der Waals surface area contributed by atoms with Gasteiger partial charge in [0.05, 0.1) is 11.3 Å². The number of carboxylic acids is 1. The Balaban J connectivity index is 2.10. The van der Waals surface area contributed by atoms with E-state index in [4.69, 9.17) is 5.11 Å². The van der Waals surface area contributed by atoms with Gasteiger partial charge in [0.2, 0.25) is 0 Å². The average Bonchev–Trinajstić information content (AvgIpc) is 2.36. The Morgan fingerprint density at radius 3 is 2.60 bits per heavy atom. The van der Waals surface area contributed by atoms with Crippen LogP contribution in [0.5, 0.6) is 0 Å². The van der Waals surface area contributed by atoms with Gasteiger partial charge in [-0.05, 0) is 43.9 Å². The lowest BCUT2D eigenvalue weighted by Crippen LogP contribution is -2.54. The van der Waals surface area contributed by atoms with Crippen LogP contribution in [-0.4, -0.2) is 22.6 Å². The molecule has 1 saturated carbocycles. The van der Waals surface area contributed by atoms with Crippen LogP contribution in [0, 0.1) is 5.82 Å². The van der Waals surface area contributed by atoms with Crippen molar-refractivity contribution >= 4 is 17.7 Å². The molecule has 6 heteroatoms. The zero-order chi connectivity index (χ0) is 14.8. The number of anilines is 1.